The zero-order valence-corrected chi connectivity index (χ0v) is 15.2. The first-order valence-corrected chi connectivity index (χ1v) is 8.62. The van der Waals surface area contributed by atoms with Gasteiger partial charge in [-0.15, -0.1) is 0 Å². The molecule has 0 bridgehead atoms. The average molecular weight is 440 g/mol. The van der Waals surface area contributed by atoms with Crippen molar-refractivity contribution in [2.75, 3.05) is 0 Å². The number of aromatic hydroxyl groups is 4. The molecule has 3 heterocycles. The van der Waals surface area contributed by atoms with E-state index in [4.69, 9.17) is 0 Å². The van der Waals surface area contributed by atoms with Crippen LogP contribution in [0.3, 0.4) is 0 Å². The van der Waals surface area contributed by atoms with Crippen molar-refractivity contribution in [3.05, 3.63) is 61.3 Å². The Kier molecular flexibility index (Phi) is 3.37. The van der Waals surface area contributed by atoms with Crippen LogP contribution in [0.4, 0.5) is 0 Å². The lowest BCUT2D eigenvalue weighted by molar-refractivity contribution is 0.387. The number of benzene rings is 2. The predicted octanol–water partition coefficient (Wildman–Crippen LogP) is -1.97. The summed E-state index contributed by atoms with van der Waals surface area (Å²) in [4.78, 5) is 80.4. The van der Waals surface area contributed by atoms with Gasteiger partial charge >= 0.3 is 0 Å². The number of phenolic OH excluding ortho intramolecular Hbond substituents is 2. The van der Waals surface area contributed by atoms with Gasteiger partial charge in [0.1, 0.15) is 27.6 Å². The van der Waals surface area contributed by atoms with Gasteiger partial charge in [0.25, 0.3) is 10.9 Å². The number of pyridine rings is 2. The molecule has 0 atom stereocenters. The number of H-pyrrole nitrogens is 4. The number of hydrogen-bond donors (Lipinski definition) is 8. The van der Waals surface area contributed by atoms with E-state index in [1.165, 1.54) is 0 Å². The van der Waals surface area contributed by atoms with Crippen molar-refractivity contribution in [3.8, 4) is 23.1 Å². The van der Waals surface area contributed by atoms with Gasteiger partial charge in [-0.3, -0.25) is 39.0 Å². The minimum atomic E-state index is -1.65. The van der Waals surface area contributed by atoms with Crippen molar-refractivity contribution in [2.45, 2.75) is 0 Å². The molecule has 0 unspecified atom stereocenters. The van der Waals surface area contributed by atoms with Gasteiger partial charge in [-0.25, -0.2) is 0 Å². The number of aromatic amines is 4. The van der Waals surface area contributed by atoms with Gasteiger partial charge in [0.2, 0.25) is 27.6 Å². The third kappa shape index (κ3) is 2.01. The third-order valence-electron chi connectivity index (χ3n) is 5.19. The Morgan fingerprint density at radius 2 is 0.969 bits per heavy atom. The van der Waals surface area contributed by atoms with Crippen LogP contribution in [-0.2, 0) is 0 Å². The molecule has 32 heavy (non-hydrogen) atoms. The zero-order valence-electron chi connectivity index (χ0n) is 15.2. The highest BCUT2D eigenvalue weighted by Crippen LogP contribution is 2.27. The Morgan fingerprint density at radius 1 is 0.438 bits per heavy atom. The van der Waals surface area contributed by atoms with Crippen LogP contribution in [0.1, 0.15) is 0 Å². The lowest BCUT2D eigenvalue weighted by atomic mass is 10.0. The van der Waals surface area contributed by atoms with E-state index in [1.54, 1.807) is 0 Å². The lowest BCUT2D eigenvalue weighted by Gasteiger charge is -2.08. The highest BCUT2D eigenvalue weighted by Gasteiger charge is 2.26. The van der Waals surface area contributed by atoms with Crippen LogP contribution in [-0.4, -0.2) is 40.6 Å². The Balaban J connectivity index is 2.20. The largest absolute Gasteiger partial charge is 0.503 e. The normalized spacial score (nSPS) is 11.8. The minimum Gasteiger partial charge on any atom is -0.503 e. The van der Waals surface area contributed by atoms with E-state index in [9.17, 15) is 49.2 Å². The highest BCUT2D eigenvalue weighted by molar-refractivity contribution is 6.05. The Bertz CT molecular complexity index is 2050. The van der Waals surface area contributed by atoms with Gasteiger partial charge in [-0.2, -0.15) is 0 Å². The molecule has 2 aromatic carbocycles. The van der Waals surface area contributed by atoms with Gasteiger partial charge in [-0.1, -0.05) is 0 Å². The van der Waals surface area contributed by atoms with Crippen LogP contribution >= 0.6 is 0 Å². The van der Waals surface area contributed by atoms with E-state index in [1.807, 2.05) is 0 Å². The molecule has 160 valence electrons. The summed E-state index contributed by atoms with van der Waals surface area (Å²) in [5, 5.41) is 39.8. The number of rotatable bonds is 0. The molecule has 5 rings (SSSR count). The van der Waals surface area contributed by atoms with Crippen LogP contribution in [0.5, 0.6) is 23.1 Å². The van der Waals surface area contributed by atoms with Crippen LogP contribution in [0.25, 0.3) is 43.7 Å². The quantitative estimate of drug-likeness (QED) is 0.0749. The standard InChI is InChI=1S/C18H8N4O10/c23-7-1-2(12(28)15(31)14(30)11(1)27)10(26)6-3(7)8(24)4-9(25)5-13(29)18(32)22-21-17(5)20-16(4)19-6/h22,27-29,32H,(H3,19,20,21,24,25). The van der Waals surface area contributed by atoms with Crippen molar-refractivity contribution >= 4 is 43.7 Å². The summed E-state index contributed by atoms with van der Waals surface area (Å²) in [6.07, 6.45) is 0. The van der Waals surface area contributed by atoms with Crippen LogP contribution in [0, 0.1) is 0 Å². The smallest absolute Gasteiger partial charge is 0.271 e. The SMILES string of the molecule is O=c1c(O)c2c(=O)c3[nH]c4[nH]c5[nH][nH]c(O)c(O)c5c(=O)c4c(=O)c3c(=O)c2c(O)c1=O. The molecule has 0 aliphatic heterocycles. The van der Waals surface area contributed by atoms with Gasteiger partial charge in [0, 0.05) is 0 Å². The lowest BCUT2D eigenvalue weighted by Crippen LogP contribution is -2.30. The molecule has 3 aromatic heterocycles. The van der Waals surface area contributed by atoms with E-state index < -0.39 is 88.1 Å². The number of fused-ring (bicyclic) bond motifs is 4. The van der Waals surface area contributed by atoms with E-state index in [2.05, 4.69) is 20.2 Å². The minimum absolute atomic E-state index is 0.207. The number of phenols is 2. The summed E-state index contributed by atoms with van der Waals surface area (Å²) in [5.41, 5.74) is -9.65. The average Bonchev–Trinajstić information content (AvgIpc) is 2.75. The number of aromatic nitrogens is 4. The van der Waals surface area contributed by atoms with E-state index in [-0.39, 0.29) is 11.3 Å². The maximum atomic E-state index is 13.1. The zero-order chi connectivity index (χ0) is 23.2. The topological polar surface area (TPSA) is 246 Å². The maximum Gasteiger partial charge on any atom is 0.271 e. The Labute approximate surface area is 169 Å². The molecule has 0 spiro atoms. The van der Waals surface area contributed by atoms with Crippen molar-refractivity contribution in [2.24, 2.45) is 0 Å². The van der Waals surface area contributed by atoms with Crippen LogP contribution in [0.2, 0.25) is 0 Å². The van der Waals surface area contributed by atoms with Gasteiger partial charge in [0.05, 0.1) is 16.2 Å². The number of nitrogens with one attached hydrogen (secondary N) is 4. The van der Waals surface area contributed by atoms with Crippen LogP contribution < -0.4 is 32.6 Å². The Hall–Kier alpha value is -5.14. The molecule has 0 fully saturated rings. The monoisotopic (exact) mass is 440 g/mol. The van der Waals surface area contributed by atoms with Gasteiger partial charge in [-0.05, 0) is 0 Å². The molecule has 0 radical (unpaired) electrons. The van der Waals surface area contributed by atoms with E-state index >= 15 is 0 Å². The number of hydrogen-bond acceptors (Lipinski definition) is 10. The van der Waals surface area contributed by atoms with Crippen LogP contribution in [0.15, 0.2) is 28.8 Å². The van der Waals surface area contributed by atoms with Crippen molar-refractivity contribution in [1.82, 2.24) is 20.2 Å². The maximum absolute atomic E-state index is 13.1. The van der Waals surface area contributed by atoms with E-state index in [0.29, 0.717) is 0 Å². The molecule has 0 aliphatic carbocycles. The fourth-order valence-corrected chi connectivity index (χ4v) is 3.72. The third-order valence-corrected chi connectivity index (χ3v) is 5.19. The first kappa shape index (κ1) is 18.9. The molecule has 8 N–H and O–H groups in total. The predicted molar refractivity (Wildman–Crippen MR) is 109 cm³/mol. The van der Waals surface area contributed by atoms with Gasteiger partial charge < -0.3 is 30.4 Å². The molecule has 14 heteroatoms. The summed E-state index contributed by atoms with van der Waals surface area (Å²) in [5.74, 6) is -4.53. The summed E-state index contributed by atoms with van der Waals surface area (Å²) in [6, 6.07) is 0. The molecular weight excluding hydrogens is 432 g/mol. The second-order valence-electron chi connectivity index (χ2n) is 6.87. The first-order valence-electron chi connectivity index (χ1n) is 8.62. The molecule has 0 saturated heterocycles. The summed E-state index contributed by atoms with van der Waals surface area (Å²) in [7, 11) is 0. The molecular formula is C18H8N4O10. The molecule has 0 saturated carbocycles. The summed E-state index contributed by atoms with van der Waals surface area (Å²) < 4.78 is 0. The molecule has 0 aliphatic rings. The van der Waals surface area contributed by atoms with Crippen molar-refractivity contribution in [1.29, 1.82) is 0 Å². The second kappa shape index (κ2) is 5.72. The highest BCUT2D eigenvalue weighted by atomic mass is 16.3. The van der Waals surface area contributed by atoms with Crippen molar-refractivity contribution in [3.63, 3.8) is 0 Å². The van der Waals surface area contributed by atoms with Gasteiger partial charge in [0.15, 0.2) is 17.2 Å². The fraction of sp³-hybridized carbons (Fsp3) is 0. The Morgan fingerprint density at radius 3 is 1.59 bits per heavy atom. The summed E-state index contributed by atoms with van der Waals surface area (Å²) in [6.45, 7) is 0. The fourth-order valence-electron chi connectivity index (χ4n) is 3.72. The van der Waals surface area contributed by atoms with Crippen molar-refractivity contribution < 1.29 is 20.4 Å². The first-order chi connectivity index (χ1) is 15.1. The molecule has 14 nitrogen and oxygen atoms in total. The summed E-state index contributed by atoms with van der Waals surface area (Å²) >= 11 is 0. The molecule has 0 amide bonds. The molecule has 5 aromatic rings. The van der Waals surface area contributed by atoms with E-state index in [0.717, 1.165) is 0 Å². The second-order valence-corrected chi connectivity index (χ2v) is 6.87.